The van der Waals surface area contributed by atoms with Gasteiger partial charge in [0, 0.05) is 24.6 Å². The molecule has 0 spiro atoms. The van der Waals surface area contributed by atoms with Gasteiger partial charge in [0.2, 0.25) is 0 Å². The number of hydrogen-bond donors (Lipinski definition) is 1. The highest BCUT2D eigenvalue weighted by molar-refractivity contribution is 5.94. The zero-order valence-electron chi connectivity index (χ0n) is 8.10. The Morgan fingerprint density at radius 3 is 3.00 bits per heavy atom. The van der Waals surface area contributed by atoms with Gasteiger partial charge in [0.1, 0.15) is 0 Å². The first kappa shape index (κ1) is 10.6. The Hall–Kier alpha value is -1.48. The van der Waals surface area contributed by atoms with Gasteiger partial charge >= 0.3 is 0 Å². The van der Waals surface area contributed by atoms with Gasteiger partial charge in [0.15, 0.2) is 5.78 Å². The molecule has 1 heterocycles. The molecule has 74 valence electrons. The summed E-state index contributed by atoms with van der Waals surface area (Å²) in [5, 5.41) is 8.57. The van der Waals surface area contributed by atoms with E-state index in [2.05, 4.69) is 4.98 Å². The van der Waals surface area contributed by atoms with Gasteiger partial charge < -0.3 is 5.11 Å². The van der Waals surface area contributed by atoms with Gasteiger partial charge in [-0.3, -0.25) is 9.78 Å². The standard InChI is InChI=1S/C11H13NO2/c1-9(14)11-6-10(7-12-8-11)4-2-3-5-13/h2,4,6-8,13H,3,5H2,1H3. The summed E-state index contributed by atoms with van der Waals surface area (Å²) in [5.74, 6) is 0.00917. The molecule has 14 heavy (non-hydrogen) atoms. The van der Waals surface area contributed by atoms with Crippen LogP contribution in [0.3, 0.4) is 0 Å². The molecule has 3 heteroatoms. The van der Waals surface area contributed by atoms with Crippen molar-refractivity contribution in [2.75, 3.05) is 6.61 Å². The first-order chi connectivity index (χ1) is 6.74. The number of aromatic nitrogens is 1. The van der Waals surface area contributed by atoms with Crippen LogP contribution in [0.2, 0.25) is 0 Å². The third-order valence-corrected chi connectivity index (χ3v) is 1.77. The minimum atomic E-state index is 0.00917. The van der Waals surface area contributed by atoms with Gasteiger partial charge in [-0.25, -0.2) is 0 Å². The van der Waals surface area contributed by atoms with E-state index in [1.165, 1.54) is 6.92 Å². The van der Waals surface area contributed by atoms with E-state index in [1.54, 1.807) is 18.5 Å². The number of ketones is 1. The van der Waals surface area contributed by atoms with Crippen LogP contribution in [0.4, 0.5) is 0 Å². The molecule has 0 aliphatic carbocycles. The summed E-state index contributed by atoms with van der Waals surface area (Å²) in [6, 6.07) is 1.78. The zero-order valence-corrected chi connectivity index (χ0v) is 8.10. The summed E-state index contributed by atoms with van der Waals surface area (Å²) in [6.45, 7) is 1.65. The van der Waals surface area contributed by atoms with Crippen molar-refractivity contribution in [1.29, 1.82) is 0 Å². The van der Waals surface area contributed by atoms with Crippen LogP contribution in [0, 0.1) is 0 Å². The topological polar surface area (TPSA) is 50.2 Å². The van der Waals surface area contributed by atoms with Crippen molar-refractivity contribution in [3.05, 3.63) is 35.7 Å². The van der Waals surface area contributed by atoms with Gasteiger partial charge in [-0.1, -0.05) is 12.2 Å². The molecule has 0 atom stereocenters. The molecular formula is C11H13NO2. The maximum atomic E-state index is 11.0. The van der Waals surface area contributed by atoms with Crippen LogP contribution >= 0.6 is 0 Å². The molecule has 1 rings (SSSR count). The zero-order chi connectivity index (χ0) is 10.4. The Bertz CT molecular complexity index is 345. The van der Waals surface area contributed by atoms with E-state index in [1.807, 2.05) is 12.2 Å². The Morgan fingerprint density at radius 1 is 1.57 bits per heavy atom. The summed E-state index contributed by atoms with van der Waals surface area (Å²) in [4.78, 5) is 15.0. The van der Waals surface area contributed by atoms with Crippen LogP contribution in [0.15, 0.2) is 24.5 Å². The van der Waals surface area contributed by atoms with Crippen LogP contribution in [0.25, 0.3) is 6.08 Å². The molecule has 0 saturated heterocycles. The molecule has 0 bridgehead atoms. The molecule has 1 aromatic heterocycles. The molecule has 0 unspecified atom stereocenters. The fourth-order valence-corrected chi connectivity index (χ4v) is 1.04. The lowest BCUT2D eigenvalue weighted by Crippen LogP contribution is -1.93. The van der Waals surface area contributed by atoms with E-state index in [9.17, 15) is 4.79 Å². The highest BCUT2D eigenvalue weighted by Gasteiger charge is 1.98. The smallest absolute Gasteiger partial charge is 0.161 e. The molecule has 0 amide bonds. The summed E-state index contributed by atoms with van der Waals surface area (Å²) in [7, 11) is 0. The fraction of sp³-hybridized carbons (Fsp3) is 0.273. The predicted octanol–water partition coefficient (Wildman–Crippen LogP) is 1.68. The second-order valence-electron chi connectivity index (χ2n) is 2.98. The van der Waals surface area contributed by atoms with Gasteiger partial charge in [-0.05, 0) is 25.0 Å². The number of pyridine rings is 1. The molecule has 3 nitrogen and oxygen atoms in total. The molecule has 0 fully saturated rings. The second-order valence-corrected chi connectivity index (χ2v) is 2.98. The Kier molecular flexibility index (Phi) is 4.01. The maximum Gasteiger partial charge on any atom is 0.161 e. The molecule has 1 N–H and O–H groups in total. The average Bonchev–Trinajstić information content (AvgIpc) is 2.19. The average molecular weight is 191 g/mol. The number of aliphatic hydroxyl groups is 1. The second kappa shape index (κ2) is 5.29. The molecule has 1 aromatic rings. The molecule has 0 aromatic carbocycles. The highest BCUT2D eigenvalue weighted by atomic mass is 16.2. The monoisotopic (exact) mass is 191 g/mol. The van der Waals surface area contributed by atoms with E-state index in [0.717, 1.165) is 5.56 Å². The number of hydrogen-bond acceptors (Lipinski definition) is 3. The van der Waals surface area contributed by atoms with E-state index in [0.29, 0.717) is 12.0 Å². The Morgan fingerprint density at radius 2 is 2.36 bits per heavy atom. The SMILES string of the molecule is CC(=O)c1cncc(C=CCCO)c1. The van der Waals surface area contributed by atoms with Crippen molar-refractivity contribution in [1.82, 2.24) is 4.98 Å². The van der Waals surface area contributed by atoms with Crippen LogP contribution in [-0.2, 0) is 0 Å². The minimum Gasteiger partial charge on any atom is -0.396 e. The summed E-state index contributed by atoms with van der Waals surface area (Å²) < 4.78 is 0. The maximum absolute atomic E-state index is 11.0. The van der Waals surface area contributed by atoms with Crippen LogP contribution in [0.1, 0.15) is 29.3 Å². The highest BCUT2D eigenvalue weighted by Crippen LogP contribution is 2.05. The summed E-state index contributed by atoms with van der Waals surface area (Å²) >= 11 is 0. The van der Waals surface area contributed by atoms with Crippen molar-refractivity contribution >= 4 is 11.9 Å². The van der Waals surface area contributed by atoms with Gasteiger partial charge in [0.05, 0.1) is 0 Å². The molecule has 0 aliphatic rings. The van der Waals surface area contributed by atoms with Crippen LogP contribution < -0.4 is 0 Å². The van der Waals surface area contributed by atoms with Gasteiger partial charge in [0.25, 0.3) is 0 Å². The van der Waals surface area contributed by atoms with Crippen molar-refractivity contribution in [2.45, 2.75) is 13.3 Å². The molecule has 0 aliphatic heterocycles. The lowest BCUT2D eigenvalue weighted by atomic mass is 10.1. The van der Waals surface area contributed by atoms with E-state index in [-0.39, 0.29) is 12.4 Å². The molecule has 0 saturated carbocycles. The van der Waals surface area contributed by atoms with Gasteiger partial charge in [-0.2, -0.15) is 0 Å². The first-order valence-electron chi connectivity index (χ1n) is 4.47. The van der Waals surface area contributed by atoms with E-state index >= 15 is 0 Å². The number of aliphatic hydroxyl groups excluding tert-OH is 1. The van der Waals surface area contributed by atoms with Gasteiger partial charge in [-0.15, -0.1) is 0 Å². The first-order valence-corrected chi connectivity index (χ1v) is 4.47. The van der Waals surface area contributed by atoms with E-state index in [4.69, 9.17) is 5.11 Å². The van der Waals surface area contributed by atoms with Crippen molar-refractivity contribution < 1.29 is 9.90 Å². The predicted molar refractivity (Wildman–Crippen MR) is 55.0 cm³/mol. The third-order valence-electron chi connectivity index (χ3n) is 1.77. The lowest BCUT2D eigenvalue weighted by Gasteiger charge is -1.96. The lowest BCUT2D eigenvalue weighted by molar-refractivity contribution is 0.101. The van der Waals surface area contributed by atoms with Crippen LogP contribution in [-0.4, -0.2) is 22.5 Å². The summed E-state index contributed by atoms with van der Waals surface area (Å²) in [5.41, 5.74) is 1.49. The minimum absolute atomic E-state index is 0.00917. The normalized spacial score (nSPS) is 10.7. The number of nitrogens with zero attached hydrogens (tertiary/aromatic N) is 1. The fourth-order valence-electron chi connectivity index (χ4n) is 1.04. The number of carbonyl (C=O) groups is 1. The van der Waals surface area contributed by atoms with Crippen molar-refractivity contribution in [2.24, 2.45) is 0 Å². The van der Waals surface area contributed by atoms with E-state index < -0.39 is 0 Å². The molecular weight excluding hydrogens is 178 g/mol. The Balaban J connectivity index is 2.78. The summed E-state index contributed by atoms with van der Waals surface area (Å²) in [6.07, 6.45) is 7.53. The number of carbonyl (C=O) groups excluding carboxylic acids is 1. The number of rotatable bonds is 4. The Labute approximate surface area is 83.1 Å². The quantitative estimate of drug-likeness (QED) is 0.736. The van der Waals surface area contributed by atoms with Crippen LogP contribution in [0.5, 0.6) is 0 Å². The molecule has 0 radical (unpaired) electrons. The van der Waals surface area contributed by atoms with Crippen molar-refractivity contribution in [3.63, 3.8) is 0 Å². The van der Waals surface area contributed by atoms with Crippen molar-refractivity contribution in [3.8, 4) is 0 Å². The third kappa shape index (κ3) is 3.11. The largest absolute Gasteiger partial charge is 0.396 e. The number of Topliss-reactive ketones (excluding diaryl/α,β-unsaturated/α-hetero) is 1.